The zero-order valence-corrected chi connectivity index (χ0v) is 9.48. The van der Waals surface area contributed by atoms with Crippen LogP contribution in [-0.4, -0.2) is 0 Å². The molecule has 0 nitrogen and oxygen atoms in total. The predicted molar refractivity (Wildman–Crippen MR) is 71.0 cm³/mol. The Morgan fingerprint density at radius 2 is 1.69 bits per heavy atom. The van der Waals surface area contributed by atoms with Crippen molar-refractivity contribution < 1.29 is 0 Å². The Bertz CT molecular complexity index is 490. The summed E-state index contributed by atoms with van der Waals surface area (Å²) in [5.74, 6) is 0. The van der Waals surface area contributed by atoms with Crippen LogP contribution in [0.5, 0.6) is 0 Å². The number of allylic oxidation sites excluding steroid dienone is 1. The normalized spacial score (nSPS) is 10.9. The van der Waals surface area contributed by atoms with Crippen molar-refractivity contribution in [3.8, 4) is 11.1 Å². The van der Waals surface area contributed by atoms with Gasteiger partial charge < -0.3 is 0 Å². The third kappa shape index (κ3) is 2.40. The van der Waals surface area contributed by atoms with E-state index in [1.807, 2.05) is 19.1 Å². The van der Waals surface area contributed by atoms with Crippen molar-refractivity contribution in [1.29, 1.82) is 0 Å². The van der Waals surface area contributed by atoms with Gasteiger partial charge in [-0.25, -0.2) is 0 Å². The van der Waals surface area contributed by atoms with Crippen molar-refractivity contribution in [2.45, 2.75) is 6.92 Å². The van der Waals surface area contributed by atoms with Crippen LogP contribution >= 0.6 is 0 Å². The molecule has 0 amide bonds. The van der Waals surface area contributed by atoms with Crippen LogP contribution in [0.1, 0.15) is 18.1 Å². The molecule has 2 aromatic rings. The van der Waals surface area contributed by atoms with E-state index in [0.29, 0.717) is 0 Å². The highest BCUT2D eigenvalue weighted by Gasteiger charge is 1.97. The minimum absolute atomic E-state index is 1.05. The molecule has 79 valence electrons. The van der Waals surface area contributed by atoms with Crippen LogP contribution in [0.15, 0.2) is 54.6 Å². The summed E-state index contributed by atoms with van der Waals surface area (Å²) in [6.45, 7) is 5.92. The molecule has 0 bridgehead atoms. The van der Waals surface area contributed by atoms with Crippen LogP contribution in [0.2, 0.25) is 0 Å². The highest BCUT2D eigenvalue weighted by molar-refractivity contribution is 5.67. The van der Waals surface area contributed by atoms with Gasteiger partial charge in [-0.05, 0) is 42.2 Å². The molecule has 0 N–H and O–H groups in total. The van der Waals surface area contributed by atoms with Crippen molar-refractivity contribution >= 4 is 6.08 Å². The third-order valence-corrected chi connectivity index (χ3v) is 2.53. The van der Waals surface area contributed by atoms with E-state index in [2.05, 4.69) is 55.5 Å². The lowest BCUT2D eigenvalue weighted by atomic mass is 10.0. The summed E-state index contributed by atoms with van der Waals surface area (Å²) in [5.41, 5.74) is 4.77. The molecular weight excluding hydrogens is 192 g/mol. The summed E-state index contributed by atoms with van der Waals surface area (Å²) in [5, 5.41) is 0. The molecule has 0 heterocycles. The smallest absolute Gasteiger partial charge is 0.0178 e. The molecule has 0 unspecified atom stereocenters. The van der Waals surface area contributed by atoms with Gasteiger partial charge in [0.25, 0.3) is 0 Å². The fourth-order valence-corrected chi connectivity index (χ4v) is 1.71. The molecule has 2 aromatic carbocycles. The Balaban J connectivity index is 2.40. The maximum Gasteiger partial charge on any atom is -0.0178 e. The van der Waals surface area contributed by atoms with Gasteiger partial charge in [0.05, 0.1) is 0 Å². The monoisotopic (exact) mass is 207 g/mol. The van der Waals surface area contributed by atoms with E-state index in [0.717, 1.165) is 5.56 Å². The summed E-state index contributed by atoms with van der Waals surface area (Å²) in [7, 11) is 0. The van der Waals surface area contributed by atoms with E-state index < -0.39 is 0 Å². The van der Waals surface area contributed by atoms with Gasteiger partial charge in [-0.15, -0.1) is 0 Å². The van der Waals surface area contributed by atoms with Gasteiger partial charge in [-0.2, -0.15) is 0 Å². The van der Waals surface area contributed by atoms with E-state index in [4.69, 9.17) is 0 Å². The molecule has 2 rings (SSSR count). The summed E-state index contributed by atoms with van der Waals surface area (Å²) < 4.78 is 0. The molecule has 0 aliphatic carbocycles. The maximum absolute atomic E-state index is 3.89. The van der Waals surface area contributed by atoms with Crippen LogP contribution in [0.3, 0.4) is 0 Å². The first-order valence-corrected chi connectivity index (χ1v) is 5.45. The first-order valence-electron chi connectivity index (χ1n) is 5.45. The fraction of sp³-hybridized carbons (Fsp3) is 0.0625. The Kier molecular flexibility index (Phi) is 3.21. The first kappa shape index (κ1) is 10.7. The van der Waals surface area contributed by atoms with E-state index in [1.165, 1.54) is 16.7 Å². The van der Waals surface area contributed by atoms with Crippen LogP contribution in [0.4, 0.5) is 0 Å². The van der Waals surface area contributed by atoms with Crippen molar-refractivity contribution in [3.05, 3.63) is 72.7 Å². The molecule has 0 fully saturated rings. The van der Waals surface area contributed by atoms with Crippen LogP contribution in [-0.2, 0) is 0 Å². The standard InChI is InChI=1S/C16H15/c1-3-5-14-6-4-7-16(12-14)15-10-8-13(2)9-11-15/h3-12H,2H2,1H3/b5-3-. The van der Waals surface area contributed by atoms with E-state index in [9.17, 15) is 0 Å². The number of benzene rings is 2. The summed E-state index contributed by atoms with van der Waals surface area (Å²) in [4.78, 5) is 0. The van der Waals surface area contributed by atoms with Crippen LogP contribution in [0.25, 0.3) is 17.2 Å². The SMILES string of the molecule is [CH2]c1ccc(-c2cccc(/C=C\C)c2)cc1. The molecule has 0 aliphatic heterocycles. The van der Waals surface area contributed by atoms with Gasteiger partial charge in [0.2, 0.25) is 0 Å². The van der Waals surface area contributed by atoms with E-state index in [1.54, 1.807) is 0 Å². The van der Waals surface area contributed by atoms with Gasteiger partial charge in [0, 0.05) is 0 Å². The largest absolute Gasteiger partial charge is 0.0871 e. The summed E-state index contributed by atoms with van der Waals surface area (Å²) in [6.07, 6.45) is 4.16. The fourth-order valence-electron chi connectivity index (χ4n) is 1.71. The highest BCUT2D eigenvalue weighted by Crippen LogP contribution is 2.21. The van der Waals surface area contributed by atoms with Crippen molar-refractivity contribution in [2.24, 2.45) is 0 Å². The second kappa shape index (κ2) is 4.80. The number of hydrogen-bond donors (Lipinski definition) is 0. The minimum Gasteiger partial charge on any atom is -0.0871 e. The molecular formula is C16H15. The molecule has 0 aromatic heterocycles. The van der Waals surface area contributed by atoms with Crippen molar-refractivity contribution in [3.63, 3.8) is 0 Å². The van der Waals surface area contributed by atoms with Gasteiger partial charge in [-0.3, -0.25) is 0 Å². The lowest BCUT2D eigenvalue weighted by Crippen LogP contribution is -1.79. The Labute approximate surface area is 97.3 Å². The summed E-state index contributed by atoms with van der Waals surface area (Å²) in [6, 6.07) is 16.8. The molecule has 16 heavy (non-hydrogen) atoms. The van der Waals surface area contributed by atoms with E-state index in [-0.39, 0.29) is 0 Å². The topological polar surface area (TPSA) is 0 Å². The second-order valence-electron chi connectivity index (χ2n) is 3.82. The number of rotatable bonds is 2. The maximum atomic E-state index is 3.89. The van der Waals surface area contributed by atoms with E-state index >= 15 is 0 Å². The molecule has 1 radical (unpaired) electrons. The van der Waals surface area contributed by atoms with Crippen LogP contribution < -0.4 is 0 Å². The molecule has 0 spiro atoms. The third-order valence-electron chi connectivity index (χ3n) is 2.53. The number of hydrogen-bond acceptors (Lipinski definition) is 0. The highest BCUT2D eigenvalue weighted by atomic mass is 14.0. The van der Waals surface area contributed by atoms with Gasteiger partial charge >= 0.3 is 0 Å². The zero-order valence-electron chi connectivity index (χ0n) is 9.48. The average molecular weight is 207 g/mol. The molecule has 0 saturated heterocycles. The molecule has 0 atom stereocenters. The van der Waals surface area contributed by atoms with Crippen molar-refractivity contribution in [1.82, 2.24) is 0 Å². The summed E-state index contributed by atoms with van der Waals surface area (Å²) >= 11 is 0. The Morgan fingerprint density at radius 3 is 2.38 bits per heavy atom. The average Bonchev–Trinajstić information content (AvgIpc) is 2.31. The lowest BCUT2D eigenvalue weighted by molar-refractivity contribution is 1.56. The second-order valence-corrected chi connectivity index (χ2v) is 3.82. The Hall–Kier alpha value is -1.82. The Morgan fingerprint density at radius 1 is 0.938 bits per heavy atom. The van der Waals surface area contributed by atoms with Gasteiger partial charge in [-0.1, -0.05) is 54.6 Å². The molecule has 0 saturated carbocycles. The minimum atomic E-state index is 1.05. The predicted octanol–water partition coefficient (Wildman–Crippen LogP) is 4.57. The molecule has 0 heteroatoms. The lowest BCUT2D eigenvalue weighted by Gasteiger charge is -2.03. The van der Waals surface area contributed by atoms with Gasteiger partial charge in [0.1, 0.15) is 0 Å². The van der Waals surface area contributed by atoms with Crippen LogP contribution in [0, 0.1) is 6.92 Å². The first-order chi connectivity index (χ1) is 7.79. The van der Waals surface area contributed by atoms with Gasteiger partial charge in [0.15, 0.2) is 0 Å². The molecule has 0 aliphatic rings. The quantitative estimate of drug-likeness (QED) is 0.676. The van der Waals surface area contributed by atoms with Crippen molar-refractivity contribution in [2.75, 3.05) is 0 Å². The zero-order chi connectivity index (χ0) is 11.4.